The van der Waals surface area contributed by atoms with Crippen LogP contribution >= 0.6 is 15.9 Å². The highest BCUT2D eigenvalue weighted by Gasteiger charge is 2.31. The van der Waals surface area contributed by atoms with Crippen LogP contribution in [-0.2, 0) is 11.2 Å². The number of amides is 1. The van der Waals surface area contributed by atoms with Crippen molar-refractivity contribution < 1.29 is 14.6 Å². The number of rotatable bonds is 2. The number of fused-ring (bicyclic) bond motifs is 4. The first-order chi connectivity index (χ1) is 15.0. The quantitative estimate of drug-likeness (QED) is 0.487. The smallest absolute Gasteiger partial charge is 0.409 e. The zero-order valence-electron chi connectivity index (χ0n) is 17.3. The first kappa shape index (κ1) is 20.1. The van der Waals surface area contributed by atoms with Crippen LogP contribution in [0.3, 0.4) is 0 Å². The van der Waals surface area contributed by atoms with Gasteiger partial charge in [-0.25, -0.2) is 4.79 Å². The zero-order chi connectivity index (χ0) is 21.5. The third kappa shape index (κ3) is 3.61. The average Bonchev–Trinajstić information content (AvgIpc) is 3.01. The molecule has 158 valence electrons. The standard InChI is InChI=1S/C26H24BrNO3/c1-16-14-28(11-10-17-12-24(27)25(29)13-22(16)17)26(30)31-15-23-20-8-4-2-6-18(20)19-7-3-5-9-21(19)23/h2-9,12-13,16,23,29H,10-11,14-15H2,1H3. The summed E-state index contributed by atoms with van der Waals surface area (Å²) < 4.78 is 6.55. The van der Waals surface area contributed by atoms with Gasteiger partial charge in [-0.3, -0.25) is 0 Å². The molecule has 1 aliphatic heterocycles. The monoisotopic (exact) mass is 477 g/mol. The number of nitrogens with zero attached hydrogens (tertiary/aromatic N) is 1. The number of aromatic hydroxyl groups is 1. The van der Waals surface area contributed by atoms with Crippen LogP contribution in [0.15, 0.2) is 65.1 Å². The Bertz CT molecular complexity index is 1110. The third-order valence-corrected chi connectivity index (χ3v) is 7.11. The summed E-state index contributed by atoms with van der Waals surface area (Å²) in [6.45, 7) is 3.59. The maximum absolute atomic E-state index is 13.0. The van der Waals surface area contributed by atoms with Crippen LogP contribution in [0.25, 0.3) is 11.1 Å². The first-order valence-electron chi connectivity index (χ1n) is 10.6. The van der Waals surface area contributed by atoms with Crippen LogP contribution in [0.2, 0.25) is 0 Å². The summed E-state index contributed by atoms with van der Waals surface area (Å²) in [6.07, 6.45) is 0.466. The molecule has 3 aromatic carbocycles. The SMILES string of the molecule is CC1CN(C(=O)OCC2c3ccccc3-c3ccccc32)CCc2cc(Br)c(O)cc21. The van der Waals surface area contributed by atoms with E-state index >= 15 is 0 Å². The molecule has 0 saturated carbocycles. The highest BCUT2D eigenvalue weighted by atomic mass is 79.9. The van der Waals surface area contributed by atoms with Crippen molar-refractivity contribution in [2.45, 2.75) is 25.2 Å². The number of carbonyl (C=O) groups excluding carboxylic acids is 1. The first-order valence-corrected chi connectivity index (χ1v) is 11.4. The summed E-state index contributed by atoms with van der Waals surface area (Å²) in [5.74, 6) is 0.419. The van der Waals surface area contributed by atoms with Gasteiger partial charge in [-0.05, 0) is 73.8 Å². The number of hydrogen-bond acceptors (Lipinski definition) is 3. The van der Waals surface area contributed by atoms with E-state index in [1.807, 2.05) is 24.3 Å². The molecule has 1 amide bonds. The lowest BCUT2D eigenvalue weighted by molar-refractivity contribution is 0.0993. The Morgan fingerprint density at radius 3 is 2.39 bits per heavy atom. The maximum Gasteiger partial charge on any atom is 0.409 e. The maximum atomic E-state index is 13.0. The highest BCUT2D eigenvalue weighted by Crippen LogP contribution is 2.44. The molecule has 0 spiro atoms. The molecular formula is C26H24BrNO3. The molecule has 1 atom stereocenters. The van der Waals surface area contributed by atoms with E-state index < -0.39 is 0 Å². The Kier molecular flexibility index (Phi) is 5.22. The van der Waals surface area contributed by atoms with Gasteiger partial charge in [0.2, 0.25) is 0 Å². The van der Waals surface area contributed by atoms with Gasteiger partial charge in [-0.15, -0.1) is 0 Å². The predicted octanol–water partition coefficient (Wildman–Crippen LogP) is 6.07. The van der Waals surface area contributed by atoms with Gasteiger partial charge < -0.3 is 14.7 Å². The van der Waals surface area contributed by atoms with Crippen molar-refractivity contribution in [1.82, 2.24) is 4.90 Å². The predicted molar refractivity (Wildman–Crippen MR) is 125 cm³/mol. The molecule has 0 aromatic heterocycles. The van der Waals surface area contributed by atoms with Gasteiger partial charge in [0.15, 0.2) is 0 Å². The number of phenols is 1. The van der Waals surface area contributed by atoms with Crippen molar-refractivity contribution >= 4 is 22.0 Å². The minimum atomic E-state index is -0.273. The fourth-order valence-electron chi connectivity index (χ4n) is 4.92. The normalized spacial score (nSPS) is 17.5. The number of phenolic OH excluding ortho intramolecular Hbond substituents is 1. The Balaban J connectivity index is 1.32. The number of benzene rings is 3. The molecular weight excluding hydrogens is 454 g/mol. The number of ether oxygens (including phenoxy) is 1. The van der Waals surface area contributed by atoms with Gasteiger partial charge in [-0.2, -0.15) is 0 Å². The Morgan fingerprint density at radius 1 is 1.06 bits per heavy atom. The Morgan fingerprint density at radius 2 is 1.71 bits per heavy atom. The van der Waals surface area contributed by atoms with Crippen LogP contribution in [0.4, 0.5) is 4.79 Å². The lowest BCUT2D eigenvalue weighted by atomic mass is 9.95. The largest absolute Gasteiger partial charge is 0.507 e. The number of halogens is 1. The minimum absolute atomic E-state index is 0.0610. The van der Waals surface area contributed by atoms with Crippen LogP contribution in [0.5, 0.6) is 5.75 Å². The summed E-state index contributed by atoms with van der Waals surface area (Å²) in [6, 6.07) is 20.5. The van der Waals surface area contributed by atoms with Crippen molar-refractivity contribution in [2.24, 2.45) is 0 Å². The van der Waals surface area contributed by atoms with E-state index in [0.717, 1.165) is 17.5 Å². The lowest BCUT2D eigenvalue weighted by Gasteiger charge is -2.24. The summed E-state index contributed by atoms with van der Waals surface area (Å²) in [4.78, 5) is 14.8. The van der Waals surface area contributed by atoms with Gasteiger partial charge in [-0.1, -0.05) is 55.5 Å². The van der Waals surface area contributed by atoms with Crippen molar-refractivity contribution in [3.8, 4) is 16.9 Å². The molecule has 3 aromatic rings. The molecule has 1 aliphatic carbocycles. The Labute approximate surface area is 190 Å². The van der Waals surface area contributed by atoms with E-state index in [1.54, 1.807) is 4.90 Å². The van der Waals surface area contributed by atoms with E-state index in [-0.39, 0.29) is 23.7 Å². The summed E-state index contributed by atoms with van der Waals surface area (Å²) in [5, 5.41) is 10.1. The fraction of sp³-hybridized carbons (Fsp3) is 0.269. The molecule has 0 bridgehead atoms. The van der Waals surface area contributed by atoms with Crippen LogP contribution in [0, 0.1) is 0 Å². The van der Waals surface area contributed by atoms with Gasteiger partial charge in [0.25, 0.3) is 0 Å². The molecule has 1 heterocycles. The second kappa shape index (κ2) is 8.04. The van der Waals surface area contributed by atoms with Gasteiger partial charge in [0.1, 0.15) is 12.4 Å². The highest BCUT2D eigenvalue weighted by molar-refractivity contribution is 9.10. The molecule has 0 saturated heterocycles. The topological polar surface area (TPSA) is 49.8 Å². The van der Waals surface area contributed by atoms with Crippen molar-refractivity contribution in [3.63, 3.8) is 0 Å². The molecule has 2 aliphatic rings. The summed E-state index contributed by atoms with van der Waals surface area (Å²) in [7, 11) is 0. The minimum Gasteiger partial charge on any atom is -0.507 e. The molecule has 1 unspecified atom stereocenters. The van der Waals surface area contributed by atoms with Crippen molar-refractivity contribution in [3.05, 3.63) is 87.4 Å². The average molecular weight is 478 g/mol. The van der Waals surface area contributed by atoms with Gasteiger partial charge >= 0.3 is 6.09 Å². The van der Waals surface area contributed by atoms with Crippen LogP contribution < -0.4 is 0 Å². The molecule has 1 N–H and O–H groups in total. The van der Waals surface area contributed by atoms with E-state index in [1.165, 1.54) is 22.3 Å². The third-order valence-electron chi connectivity index (χ3n) is 6.48. The van der Waals surface area contributed by atoms with E-state index in [9.17, 15) is 9.90 Å². The second-order valence-corrected chi connectivity index (χ2v) is 9.26. The lowest BCUT2D eigenvalue weighted by Crippen LogP contribution is -2.35. The molecule has 5 rings (SSSR count). The summed E-state index contributed by atoms with van der Waals surface area (Å²) >= 11 is 3.40. The summed E-state index contributed by atoms with van der Waals surface area (Å²) in [5.41, 5.74) is 7.13. The molecule has 31 heavy (non-hydrogen) atoms. The van der Waals surface area contributed by atoms with E-state index in [2.05, 4.69) is 59.3 Å². The van der Waals surface area contributed by atoms with Crippen LogP contribution in [-0.4, -0.2) is 35.8 Å². The van der Waals surface area contributed by atoms with Crippen molar-refractivity contribution in [1.29, 1.82) is 0 Å². The molecule has 4 nitrogen and oxygen atoms in total. The van der Waals surface area contributed by atoms with Gasteiger partial charge in [0.05, 0.1) is 4.47 Å². The van der Waals surface area contributed by atoms with Crippen LogP contribution in [0.1, 0.15) is 41.0 Å². The fourth-order valence-corrected chi connectivity index (χ4v) is 5.31. The number of carbonyl (C=O) groups is 1. The van der Waals surface area contributed by atoms with E-state index in [4.69, 9.17) is 4.74 Å². The van der Waals surface area contributed by atoms with Crippen molar-refractivity contribution in [2.75, 3.05) is 19.7 Å². The zero-order valence-corrected chi connectivity index (χ0v) is 18.9. The number of hydrogen-bond donors (Lipinski definition) is 1. The molecule has 5 heteroatoms. The van der Waals surface area contributed by atoms with Gasteiger partial charge in [0, 0.05) is 19.0 Å². The molecule has 0 fully saturated rings. The van der Waals surface area contributed by atoms with E-state index in [0.29, 0.717) is 24.2 Å². The second-order valence-electron chi connectivity index (χ2n) is 8.40. The Hall–Kier alpha value is -2.79. The molecule has 0 radical (unpaired) electrons.